The van der Waals surface area contributed by atoms with E-state index in [1.165, 1.54) is 4.31 Å². The van der Waals surface area contributed by atoms with Crippen molar-refractivity contribution in [3.63, 3.8) is 0 Å². The Morgan fingerprint density at radius 2 is 1.52 bits per heavy atom. The fraction of sp³-hybridized carbons (Fsp3) is 0.929. The molecule has 7 heteroatoms. The van der Waals surface area contributed by atoms with Crippen molar-refractivity contribution in [2.45, 2.75) is 67.0 Å². The maximum atomic E-state index is 12.2. The van der Waals surface area contributed by atoms with E-state index in [2.05, 4.69) is 0 Å². The second kappa shape index (κ2) is 5.01. The lowest BCUT2D eigenvalue weighted by Crippen LogP contribution is -2.76. The number of nitrogens with zero attached hydrogens (tertiary/aromatic N) is 1. The molecular weight excluding hydrogens is 292 g/mol. The third-order valence-corrected chi connectivity index (χ3v) is 7.68. The average Bonchev–Trinajstić information content (AvgIpc) is 2.31. The number of carbonyl (C=O) groups excluding carboxylic acids is 1. The van der Waals surface area contributed by atoms with Gasteiger partial charge in [-0.2, -0.15) is 0 Å². The van der Waals surface area contributed by atoms with E-state index in [0.717, 1.165) is 0 Å². The minimum Gasteiger partial charge on any atom is -0.760 e. The lowest BCUT2D eigenvalue weighted by atomic mass is 9.45. The van der Waals surface area contributed by atoms with Crippen LogP contribution in [-0.2, 0) is 16.1 Å². The van der Waals surface area contributed by atoms with Gasteiger partial charge in [-0.25, -0.2) is 9.79 Å². The Morgan fingerprint density at radius 3 is 1.86 bits per heavy atom. The van der Waals surface area contributed by atoms with Gasteiger partial charge in [-0.1, -0.05) is 41.5 Å². The van der Waals surface area contributed by atoms with Gasteiger partial charge in [0.15, 0.2) is 0 Å². The first-order chi connectivity index (χ1) is 9.17. The molecule has 0 saturated carbocycles. The molecule has 0 aromatic rings. The van der Waals surface area contributed by atoms with E-state index in [9.17, 15) is 13.6 Å². The van der Waals surface area contributed by atoms with Crippen molar-refractivity contribution >= 4 is 17.2 Å². The van der Waals surface area contributed by atoms with Gasteiger partial charge in [0.05, 0.1) is 0 Å². The van der Waals surface area contributed by atoms with Crippen molar-refractivity contribution in [2.24, 2.45) is 16.2 Å². The molecule has 0 aromatic heterocycles. The average molecular weight is 319 g/mol. The molecule has 0 radical (unpaired) electrons. The summed E-state index contributed by atoms with van der Waals surface area (Å²) in [5.74, 6) is -0.708. The fourth-order valence-electron chi connectivity index (χ4n) is 3.57. The number of hydrogen-bond donors (Lipinski definition) is 2. The van der Waals surface area contributed by atoms with Crippen molar-refractivity contribution in [3.05, 3.63) is 0 Å². The Bertz CT molecular complexity index is 472. The van der Waals surface area contributed by atoms with Crippen LogP contribution in [0.15, 0.2) is 0 Å². The molecule has 0 bridgehead atoms. The Balaban J connectivity index is 3.70. The zero-order valence-electron chi connectivity index (χ0n) is 14.1. The van der Waals surface area contributed by atoms with Gasteiger partial charge in [-0.05, 0) is 30.1 Å². The highest BCUT2D eigenvalue weighted by Crippen LogP contribution is 2.64. The normalized spacial score (nSPS) is 31.4. The van der Waals surface area contributed by atoms with Crippen LogP contribution in [0.1, 0.15) is 55.4 Å². The van der Waals surface area contributed by atoms with E-state index in [1.54, 1.807) is 5.48 Å². The predicted octanol–water partition coefficient (Wildman–Crippen LogP) is 1.83. The fourth-order valence-corrected chi connectivity index (χ4v) is 4.70. The molecule has 2 atom stereocenters. The number of carbonyl (C=O) groups is 1. The molecule has 1 rings (SSSR count). The lowest BCUT2D eigenvalue weighted by molar-refractivity contribution is -0.193. The first kappa shape index (κ1) is 18.5. The monoisotopic (exact) mass is 319 g/mol. The maximum absolute atomic E-state index is 12.2. The van der Waals surface area contributed by atoms with Crippen molar-refractivity contribution in [1.82, 2.24) is 9.79 Å². The van der Waals surface area contributed by atoms with Gasteiger partial charge in [-0.15, -0.1) is 0 Å². The second-order valence-corrected chi connectivity index (χ2v) is 8.78. The van der Waals surface area contributed by atoms with Crippen LogP contribution in [0.3, 0.4) is 0 Å². The SMILES string of the molecule is CC1(C)C(C(=O)NO)N(S(=O)[O-])C(C)(C)C(C)(C)C1(C)C. The van der Waals surface area contributed by atoms with E-state index < -0.39 is 39.6 Å². The van der Waals surface area contributed by atoms with Gasteiger partial charge in [-0.3, -0.25) is 14.2 Å². The lowest BCUT2D eigenvalue weighted by Gasteiger charge is -2.69. The van der Waals surface area contributed by atoms with Crippen LogP contribution >= 0.6 is 0 Å². The summed E-state index contributed by atoms with van der Waals surface area (Å²) in [6.07, 6.45) is 0. The first-order valence-electron chi connectivity index (χ1n) is 7.00. The number of hydroxylamine groups is 1. The summed E-state index contributed by atoms with van der Waals surface area (Å²) in [6.45, 7) is 15.5. The summed E-state index contributed by atoms with van der Waals surface area (Å²) in [6, 6.07) is -0.987. The largest absolute Gasteiger partial charge is 0.760 e. The molecule has 1 heterocycles. The van der Waals surface area contributed by atoms with Crippen LogP contribution in [0, 0.1) is 16.2 Å². The zero-order chi connectivity index (χ0) is 17.0. The Morgan fingerprint density at radius 1 is 1.10 bits per heavy atom. The van der Waals surface area contributed by atoms with Crippen molar-refractivity contribution in [1.29, 1.82) is 0 Å². The number of hydrogen-bond acceptors (Lipinski definition) is 4. The molecule has 1 amide bonds. The minimum atomic E-state index is -2.59. The molecule has 2 N–H and O–H groups in total. The third kappa shape index (κ3) is 2.17. The minimum absolute atomic E-state index is 0.365. The van der Waals surface area contributed by atoms with Crippen molar-refractivity contribution in [3.8, 4) is 0 Å². The smallest absolute Gasteiger partial charge is 0.262 e. The molecule has 0 aromatic carbocycles. The molecule has 2 unspecified atom stereocenters. The molecule has 0 aliphatic carbocycles. The summed E-state index contributed by atoms with van der Waals surface area (Å²) >= 11 is -2.59. The van der Waals surface area contributed by atoms with E-state index in [4.69, 9.17) is 5.21 Å². The number of rotatable bonds is 2. The molecule has 1 saturated heterocycles. The molecule has 1 fully saturated rings. The Kier molecular flexibility index (Phi) is 4.42. The van der Waals surface area contributed by atoms with Crippen LogP contribution in [0.4, 0.5) is 0 Å². The highest BCUT2D eigenvalue weighted by atomic mass is 32.2. The van der Waals surface area contributed by atoms with Crippen LogP contribution in [0.2, 0.25) is 0 Å². The summed E-state index contributed by atoms with van der Waals surface area (Å²) in [5, 5.41) is 9.06. The highest BCUT2D eigenvalue weighted by molar-refractivity contribution is 7.76. The van der Waals surface area contributed by atoms with Crippen LogP contribution in [0.5, 0.6) is 0 Å². The quantitative estimate of drug-likeness (QED) is 0.461. The number of amides is 1. The van der Waals surface area contributed by atoms with Gasteiger partial charge in [0, 0.05) is 16.8 Å². The zero-order valence-corrected chi connectivity index (χ0v) is 14.9. The van der Waals surface area contributed by atoms with E-state index in [-0.39, 0.29) is 5.41 Å². The van der Waals surface area contributed by atoms with Crippen LogP contribution < -0.4 is 5.48 Å². The summed E-state index contributed by atoms with van der Waals surface area (Å²) in [5.41, 5.74) is -0.625. The molecule has 124 valence electrons. The van der Waals surface area contributed by atoms with Gasteiger partial charge in [0.2, 0.25) is 0 Å². The summed E-state index contributed by atoms with van der Waals surface area (Å²) < 4.78 is 24.9. The molecule has 0 spiro atoms. The van der Waals surface area contributed by atoms with Crippen LogP contribution in [0.25, 0.3) is 0 Å². The third-order valence-electron chi connectivity index (χ3n) is 6.69. The molecule has 1 aliphatic heterocycles. The molecule has 21 heavy (non-hydrogen) atoms. The van der Waals surface area contributed by atoms with Gasteiger partial charge in [0.25, 0.3) is 5.91 Å². The maximum Gasteiger partial charge on any atom is 0.262 e. The predicted molar refractivity (Wildman–Crippen MR) is 79.9 cm³/mol. The summed E-state index contributed by atoms with van der Waals surface area (Å²) in [4.78, 5) is 12.2. The van der Waals surface area contributed by atoms with Crippen molar-refractivity contribution in [2.75, 3.05) is 0 Å². The van der Waals surface area contributed by atoms with Gasteiger partial charge >= 0.3 is 0 Å². The molecule has 1 aliphatic rings. The number of nitrogens with one attached hydrogen (secondary N) is 1. The van der Waals surface area contributed by atoms with E-state index in [1.807, 2.05) is 55.4 Å². The first-order valence-corrected chi connectivity index (χ1v) is 8.03. The Labute approximate surface area is 129 Å². The molecule has 6 nitrogen and oxygen atoms in total. The van der Waals surface area contributed by atoms with E-state index in [0.29, 0.717) is 0 Å². The van der Waals surface area contributed by atoms with Crippen molar-refractivity contribution < 1.29 is 18.8 Å². The Hall–Kier alpha value is -0.500. The second-order valence-electron chi connectivity index (χ2n) is 7.95. The van der Waals surface area contributed by atoms with E-state index >= 15 is 0 Å². The highest BCUT2D eigenvalue weighted by Gasteiger charge is 2.67. The van der Waals surface area contributed by atoms with Gasteiger partial charge < -0.3 is 4.55 Å². The van der Waals surface area contributed by atoms with Gasteiger partial charge in [0.1, 0.15) is 6.04 Å². The summed E-state index contributed by atoms with van der Waals surface area (Å²) in [7, 11) is 0. The standard InChI is InChI=1S/C14H28N2O4S/c1-11(2)9(10(17)15-18)16(21(19)20)14(7,8)13(5,6)12(11,3)4/h9,18H,1-8H3,(H,15,17)(H,19,20)/p-1. The molecular formula is C14H27N2O4S-. The topological polar surface area (TPSA) is 92.7 Å². The number of piperidine rings is 1. The van der Waals surface area contributed by atoms with Crippen LogP contribution in [-0.4, -0.2) is 35.8 Å².